The number of nitriles is 1. The normalized spacial score (nSPS) is 9.63. The number of anilines is 2. The Balaban J connectivity index is 2.03. The van der Waals surface area contributed by atoms with E-state index in [0.29, 0.717) is 16.9 Å². The second-order valence-corrected chi connectivity index (χ2v) is 4.16. The fourth-order valence-electron chi connectivity index (χ4n) is 1.76. The molecule has 2 aromatic carbocycles. The molecule has 0 fully saturated rings. The highest BCUT2D eigenvalue weighted by molar-refractivity contribution is 5.92. The molecule has 0 heterocycles. The van der Waals surface area contributed by atoms with Gasteiger partial charge in [-0.3, -0.25) is 4.79 Å². The largest absolute Gasteiger partial charge is 0.399 e. The van der Waals surface area contributed by atoms with E-state index in [1.807, 2.05) is 18.2 Å². The summed E-state index contributed by atoms with van der Waals surface area (Å²) in [7, 11) is 0. The summed E-state index contributed by atoms with van der Waals surface area (Å²) in [4.78, 5) is 11.9. The Hall–Kier alpha value is -2.80. The second-order valence-electron chi connectivity index (χ2n) is 4.16. The van der Waals surface area contributed by atoms with Gasteiger partial charge < -0.3 is 11.1 Å². The number of hydrogen-bond donors (Lipinski definition) is 2. The van der Waals surface area contributed by atoms with Gasteiger partial charge in [-0.05, 0) is 35.9 Å². The lowest BCUT2D eigenvalue weighted by Gasteiger charge is -2.06. The fraction of sp³-hybridized carbons (Fsp3) is 0.0667. The van der Waals surface area contributed by atoms with Crippen molar-refractivity contribution in [3.05, 3.63) is 59.7 Å². The van der Waals surface area contributed by atoms with Gasteiger partial charge in [-0.2, -0.15) is 5.26 Å². The van der Waals surface area contributed by atoms with Gasteiger partial charge in [0.25, 0.3) is 0 Å². The van der Waals surface area contributed by atoms with Crippen LogP contribution in [0.25, 0.3) is 0 Å². The molecule has 0 bridgehead atoms. The predicted octanol–water partition coefficient (Wildman–Crippen LogP) is 2.32. The van der Waals surface area contributed by atoms with Crippen molar-refractivity contribution in [2.75, 3.05) is 11.1 Å². The quantitative estimate of drug-likeness (QED) is 0.821. The van der Waals surface area contributed by atoms with Crippen molar-refractivity contribution in [1.82, 2.24) is 0 Å². The zero-order chi connectivity index (χ0) is 13.7. The minimum atomic E-state index is -0.138. The minimum Gasteiger partial charge on any atom is -0.399 e. The Labute approximate surface area is 111 Å². The van der Waals surface area contributed by atoms with Gasteiger partial charge in [-0.15, -0.1) is 0 Å². The molecule has 0 atom stereocenters. The summed E-state index contributed by atoms with van der Waals surface area (Å²) >= 11 is 0. The number of carbonyl (C=O) groups excluding carboxylic acids is 1. The van der Waals surface area contributed by atoms with Gasteiger partial charge in [0.1, 0.15) is 0 Å². The van der Waals surface area contributed by atoms with E-state index in [2.05, 4.69) is 5.32 Å². The Morgan fingerprint density at radius 3 is 2.74 bits per heavy atom. The molecule has 0 aromatic heterocycles. The number of nitrogen functional groups attached to an aromatic ring is 1. The maximum atomic E-state index is 11.9. The van der Waals surface area contributed by atoms with Crippen LogP contribution in [0.4, 0.5) is 11.4 Å². The molecule has 0 spiro atoms. The molecular formula is C15H13N3O. The molecule has 0 aliphatic rings. The van der Waals surface area contributed by atoms with Crippen molar-refractivity contribution < 1.29 is 4.79 Å². The van der Waals surface area contributed by atoms with Gasteiger partial charge in [0.2, 0.25) is 5.91 Å². The van der Waals surface area contributed by atoms with E-state index in [0.717, 1.165) is 5.56 Å². The van der Waals surface area contributed by atoms with Crippen LogP contribution in [0.3, 0.4) is 0 Å². The van der Waals surface area contributed by atoms with Gasteiger partial charge in [0.15, 0.2) is 0 Å². The average Bonchev–Trinajstić information content (AvgIpc) is 2.38. The molecule has 0 saturated carbocycles. The van der Waals surface area contributed by atoms with E-state index >= 15 is 0 Å². The van der Waals surface area contributed by atoms with Gasteiger partial charge in [0, 0.05) is 11.4 Å². The van der Waals surface area contributed by atoms with Crippen LogP contribution in [0.2, 0.25) is 0 Å². The standard InChI is InChI=1S/C15H13N3O/c16-10-12-4-2-6-14(8-12)18-15(19)9-11-3-1-5-13(17)7-11/h1-8H,9,17H2,(H,18,19). The number of rotatable bonds is 3. The Morgan fingerprint density at radius 2 is 2.00 bits per heavy atom. The fourth-order valence-corrected chi connectivity index (χ4v) is 1.76. The van der Waals surface area contributed by atoms with E-state index in [4.69, 9.17) is 11.0 Å². The molecule has 3 N–H and O–H groups in total. The molecule has 19 heavy (non-hydrogen) atoms. The first-order chi connectivity index (χ1) is 9.17. The smallest absolute Gasteiger partial charge is 0.228 e. The molecule has 0 radical (unpaired) electrons. The summed E-state index contributed by atoms with van der Waals surface area (Å²) in [5.41, 5.74) is 8.28. The van der Waals surface area contributed by atoms with Crippen molar-refractivity contribution in [3.8, 4) is 6.07 Å². The average molecular weight is 251 g/mol. The highest BCUT2D eigenvalue weighted by atomic mass is 16.1. The third-order valence-electron chi connectivity index (χ3n) is 2.59. The number of nitrogens with one attached hydrogen (secondary N) is 1. The van der Waals surface area contributed by atoms with Crippen molar-refractivity contribution in [3.63, 3.8) is 0 Å². The maximum absolute atomic E-state index is 11.9. The van der Waals surface area contributed by atoms with Gasteiger partial charge in [0.05, 0.1) is 18.1 Å². The van der Waals surface area contributed by atoms with E-state index in [1.165, 1.54) is 0 Å². The Morgan fingerprint density at radius 1 is 1.21 bits per heavy atom. The van der Waals surface area contributed by atoms with Crippen molar-refractivity contribution >= 4 is 17.3 Å². The lowest BCUT2D eigenvalue weighted by atomic mass is 10.1. The molecule has 2 rings (SSSR count). The minimum absolute atomic E-state index is 0.138. The summed E-state index contributed by atoms with van der Waals surface area (Å²) in [5, 5.41) is 11.5. The van der Waals surface area contributed by atoms with Crippen LogP contribution in [0.1, 0.15) is 11.1 Å². The molecule has 0 unspecified atom stereocenters. The number of benzene rings is 2. The zero-order valence-corrected chi connectivity index (χ0v) is 10.3. The summed E-state index contributed by atoms with van der Waals surface area (Å²) in [6, 6.07) is 16.0. The lowest BCUT2D eigenvalue weighted by molar-refractivity contribution is -0.115. The topological polar surface area (TPSA) is 78.9 Å². The third kappa shape index (κ3) is 3.58. The lowest BCUT2D eigenvalue weighted by Crippen LogP contribution is -2.14. The van der Waals surface area contributed by atoms with Crippen LogP contribution in [-0.2, 0) is 11.2 Å². The van der Waals surface area contributed by atoms with Crippen molar-refractivity contribution in [2.24, 2.45) is 0 Å². The van der Waals surface area contributed by atoms with Crippen LogP contribution in [-0.4, -0.2) is 5.91 Å². The highest BCUT2D eigenvalue weighted by Gasteiger charge is 2.04. The molecule has 1 amide bonds. The number of hydrogen-bond acceptors (Lipinski definition) is 3. The van der Waals surface area contributed by atoms with Crippen LogP contribution in [0, 0.1) is 11.3 Å². The number of carbonyl (C=O) groups is 1. The van der Waals surface area contributed by atoms with Crippen LogP contribution >= 0.6 is 0 Å². The molecule has 4 nitrogen and oxygen atoms in total. The second kappa shape index (κ2) is 5.69. The monoisotopic (exact) mass is 251 g/mol. The van der Waals surface area contributed by atoms with Crippen LogP contribution in [0.15, 0.2) is 48.5 Å². The van der Waals surface area contributed by atoms with Gasteiger partial charge in [-0.25, -0.2) is 0 Å². The van der Waals surface area contributed by atoms with Crippen LogP contribution in [0.5, 0.6) is 0 Å². The molecular weight excluding hydrogens is 238 g/mol. The Kier molecular flexibility index (Phi) is 3.79. The van der Waals surface area contributed by atoms with Crippen LogP contribution < -0.4 is 11.1 Å². The molecule has 4 heteroatoms. The SMILES string of the molecule is N#Cc1cccc(NC(=O)Cc2cccc(N)c2)c1. The van der Waals surface area contributed by atoms with E-state index in [9.17, 15) is 4.79 Å². The predicted molar refractivity (Wildman–Crippen MR) is 74.3 cm³/mol. The molecule has 0 aliphatic carbocycles. The summed E-state index contributed by atoms with van der Waals surface area (Å²) < 4.78 is 0. The molecule has 2 aromatic rings. The summed E-state index contributed by atoms with van der Waals surface area (Å²) in [5.74, 6) is -0.138. The number of amides is 1. The molecule has 0 aliphatic heterocycles. The molecule has 94 valence electrons. The van der Waals surface area contributed by atoms with Crippen molar-refractivity contribution in [1.29, 1.82) is 5.26 Å². The zero-order valence-electron chi connectivity index (χ0n) is 10.3. The van der Waals surface area contributed by atoms with Gasteiger partial charge >= 0.3 is 0 Å². The first kappa shape index (κ1) is 12.7. The van der Waals surface area contributed by atoms with Gasteiger partial charge in [-0.1, -0.05) is 18.2 Å². The van der Waals surface area contributed by atoms with E-state index in [-0.39, 0.29) is 12.3 Å². The number of nitrogens with zero attached hydrogens (tertiary/aromatic N) is 1. The highest BCUT2D eigenvalue weighted by Crippen LogP contribution is 2.12. The first-order valence-electron chi connectivity index (χ1n) is 5.82. The molecule has 0 saturated heterocycles. The maximum Gasteiger partial charge on any atom is 0.228 e. The Bertz CT molecular complexity index is 644. The first-order valence-corrected chi connectivity index (χ1v) is 5.82. The van der Waals surface area contributed by atoms with Crippen molar-refractivity contribution in [2.45, 2.75) is 6.42 Å². The van der Waals surface area contributed by atoms with E-state index in [1.54, 1.807) is 36.4 Å². The summed E-state index contributed by atoms with van der Waals surface area (Å²) in [6.07, 6.45) is 0.252. The number of nitrogens with two attached hydrogens (primary N) is 1. The third-order valence-corrected chi connectivity index (χ3v) is 2.59. The summed E-state index contributed by atoms with van der Waals surface area (Å²) in [6.45, 7) is 0. The van der Waals surface area contributed by atoms with E-state index < -0.39 is 0 Å².